The van der Waals surface area contributed by atoms with Crippen molar-refractivity contribution in [2.24, 2.45) is 0 Å². The lowest BCUT2D eigenvalue weighted by Crippen LogP contribution is -2.40. The van der Waals surface area contributed by atoms with Gasteiger partial charge in [-0.1, -0.05) is 18.2 Å². The molecule has 27 heavy (non-hydrogen) atoms. The predicted molar refractivity (Wildman–Crippen MR) is 103 cm³/mol. The average molecular weight is 360 g/mol. The first-order valence-electron chi connectivity index (χ1n) is 9.19. The molecule has 1 aromatic carbocycles. The summed E-state index contributed by atoms with van der Waals surface area (Å²) in [6.07, 6.45) is 6.74. The second-order valence-electron chi connectivity index (χ2n) is 7.14. The molecule has 6 heteroatoms. The Morgan fingerprint density at radius 3 is 2.81 bits per heavy atom. The fourth-order valence-corrected chi connectivity index (χ4v) is 4.07. The SMILES string of the molecule is COc1cnccc1-c1cccc2c(N)c3c(nc12)CN(C1CCC1)C3=O. The molecule has 5 rings (SSSR count). The molecule has 1 saturated carbocycles. The van der Waals surface area contributed by atoms with E-state index in [4.69, 9.17) is 15.5 Å². The van der Waals surface area contributed by atoms with Gasteiger partial charge in [0.15, 0.2) is 0 Å². The van der Waals surface area contributed by atoms with Crippen LogP contribution in [0.1, 0.15) is 35.3 Å². The molecular weight excluding hydrogens is 340 g/mol. The van der Waals surface area contributed by atoms with Gasteiger partial charge in [0.05, 0.1) is 42.3 Å². The van der Waals surface area contributed by atoms with Crippen molar-refractivity contribution < 1.29 is 9.53 Å². The number of carbonyl (C=O) groups is 1. The van der Waals surface area contributed by atoms with Crippen molar-refractivity contribution in [2.75, 3.05) is 12.8 Å². The summed E-state index contributed by atoms with van der Waals surface area (Å²) in [6, 6.07) is 8.10. The van der Waals surface area contributed by atoms with Crippen LogP contribution in [0.5, 0.6) is 5.75 Å². The third-order valence-corrected chi connectivity index (χ3v) is 5.74. The van der Waals surface area contributed by atoms with E-state index in [0.29, 0.717) is 29.6 Å². The van der Waals surface area contributed by atoms with E-state index in [-0.39, 0.29) is 5.91 Å². The molecule has 3 aromatic rings. The number of pyridine rings is 2. The van der Waals surface area contributed by atoms with Gasteiger partial charge >= 0.3 is 0 Å². The third-order valence-electron chi connectivity index (χ3n) is 5.74. The summed E-state index contributed by atoms with van der Waals surface area (Å²) in [5, 5.41) is 0.800. The number of para-hydroxylation sites is 1. The monoisotopic (exact) mass is 360 g/mol. The number of ether oxygens (including phenoxy) is 1. The minimum absolute atomic E-state index is 0.0218. The molecule has 0 radical (unpaired) electrons. The van der Waals surface area contributed by atoms with Gasteiger partial charge in [-0.3, -0.25) is 9.78 Å². The quantitative estimate of drug-likeness (QED) is 0.774. The van der Waals surface area contributed by atoms with Crippen LogP contribution in [0.4, 0.5) is 5.69 Å². The predicted octanol–water partition coefficient (Wildman–Crippen LogP) is 3.40. The molecule has 2 aromatic heterocycles. The molecule has 0 spiro atoms. The van der Waals surface area contributed by atoms with Crippen LogP contribution in [0.15, 0.2) is 36.7 Å². The van der Waals surface area contributed by atoms with E-state index in [2.05, 4.69) is 4.98 Å². The van der Waals surface area contributed by atoms with E-state index < -0.39 is 0 Å². The maximum absolute atomic E-state index is 12.9. The summed E-state index contributed by atoms with van der Waals surface area (Å²) in [7, 11) is 1.63. The minimum Gasteiger partial charge on any atom is -0.494 e. The fraction of sp³-hybridized carbons (Fsp3) is 0.286. The number of nitrogen functional groups attached to an aromatic ring is 1. The highest BCUT2D eigenvalue weighted by molar-refractivity contribution is 6.11. The van der Waals surface area contributed by atoms with Crippen molar-refractivity contribution in [1.82, 2.24) is 14.9 Å². The van der Waals surface area contributed by atoms with E-state index in [1.165, 1.54) is 6.42 Å². The van der Waals surface area contributed by atoms with Crippen molar-refractivity contribution >= 4 is 22.5 Å². The Hall–Kier alpha value is -3.15. The number of anilines is 1. The number of rotatable bonds is 3. The molecule has 1 aliphatic carbocycles. The molecule has 1 aliphatic heterocycles. The van der Waals surface area contributed by atoms with E-state index in [0.717, 1.165) is 40.6 Å². The maximum atomic E-state index is 12.9. The Morgan fingerprint density at radius 1 is 1.22 bits per heavy atom. The van der Waals surface area contributed by atoms with Crippen LogP contribution in [-0.2, 0) is 6.54 Å². The molecular formula is C21H20N4O2. The first-order chi connectivity index (χ1) is 13.2. The lowest BCUT2D eigenvalue weighted by atomic mass is 9.92. The summed E-state index contributed by atoms with van der Waals surface area (Å²) in [5.74, 6) is 0.700. The number of carbonyl (C=O) groups excluding carboxylic acids is 1. The Morgan fingerprint density at radius 2 is 2.07 bits per heavy atom. The average Bonchev–Trinajstić information content (AvgIpc) is 2.96. The Bertz CT molecular complexity index is 1080. The molecule has 0 unspecified atom stereocenters. The molecule has 6 nitrogen and oxygen atoms in total. The molecule has 3 heterocycles. The van der Waals surface area contributed by atoms with Crippen molar-refractivity contribution in [1.29, 1.82) is 0 Å². The van der Waals surface area contributed by atoms with Crippen LogP contribution >= 0.6 is 0 Å². The van der Waals surface area contributed by atoms with Crippen molar-refractivity contribution in [2.45, 2.75) is 31.8 Å². The molecule has 2 aliphatic rings. The zero-order valence-electron chi connectivity index (χ0n) is 15.1. The zero-order chi connectivity index (χ0) is 18.5. The Balaban J connectivity index is 1.71. The number of fused-ring (bicyclic) bond motifs is 2. The van der Waals surface area contributed by atoms with Crippen LogP contribution in [0.2, 0.25) is 0 Å². The molecule has 2 N–H and O–H groups in total. The van der Waals surface area contributed by atoms with Gasteiger partial charge in [0.2, 0.25) is 0 Å². The first kappa shape index (κ1) is 16.1. The van der Waals surface area contributed by atoms with Crippen LogP contribution in [0.25, 0.3) is 22.0 Å². The minimum atomic E-state index is 0.0218. The van der Waals surface area contributed by atoms with Crippen LogP contribution < -0.4 is 10.5 Å². The Labute approximate surface area is 157 Å². The molecule has 0 bridgehead atoms. The maximum Gasteiger partial charge on any atom is 0.258 e. The summed E-state index contributed by atoms with van der Waals surface area (Å²) in [6.45, 7) is 0.542. The Kier molecular flexibility index (Phi) is 3.53. The van der Waals surface area contributed by atoms with Crippen molar-refractivity contribution in [3.8, 4) is 16.9 Å². The molecule has 136 valence electrons. The third kappa shape index (κ3) is 2.29. The first-order valence-corrected chi connectivity index (χ1v) is 9.19. The highest BCUT2D eigenvalue weighted by atomic mass is 16.5. The van der Waals surface area contributed by atoms with Gasteiger partial charge in [-0.15, -0.1) is 0 Å². The smallest absolute Gasteiger partial charge is 0.258 e. The number of hydrogen-bond acceptors (Lipinski definition) is 5. The number of amides is 1. The highest BCUT2D eigenvalue weighted by Crippen LogP contribution is 2.40. The van der Waals surface area contributed by atoms with Crippen LogP contribution in [0, 0.1) is 0 Å². The van der Waals surface area contributed by atoms with E-state index in [9.17, 15) is 4.79 Å². The summed E-state index contributed by atoms with van der Waals surface area (Å²) in [4.78, 5) is 23.9. The highest BCUT2D eigenvalue weighted by Gasteiger charge is 2.38. The van der Waals surface area contributed by atoms with Gasteiger partial charge in [-0.2, -0.15) is 0 Å². The summed E-state index contributed by atoms with van der Waals surface area (Å²) in [5.41, 5.74) is 11.0. The summed E-state index contributed by atoms with van der Waals surface area (Å²) < 4.78 is 5.48. The number of nitrogens with zero attached hydrogens (tertiary/aromatic N) is 3. The number of nitrogens with two attached hydrogens (primary N) is 1. The van der Waals surface area contributed by atoms with Crippen molar-refractivity contribution in [3.63, 3.8) is 0 Å². The molecule has 0 saturated heterocycles. The number of benzene rings is 1. The topological polar surface area (TPSA) is 81.3 Å². The fourth-order valence-electron chi connectivity index (χ4n) is 4.07. The largest absolute Gasteiger partial charge is 0.494 e. The van der Waals surface area contributed by atoms with Crippen LogP contribution in [0.3, 0.4) is 0 Å². The van der Waals surface area contributed by atoms with Gasteiger partial charge in [-0.25, -0.2) is 4.98 Å². The number of methoxy groups -OCH3 is 1. The van der Waals surface area contributed by atoms with Crippen LogP contribution in [-0.4, -0.2) is 33.9 Å². The molecule has 1 fully saturated rings. The molecule has 0 atom stereocenters. The van der Waals surface area contributed by atoms with Gasteiger partial charge < -0.3 is 15.4 Å². The van der Waals surface area contributed by atoms with Gasteiger partial charge in [-0.05, 0) is 25.3 Å². The lowest BCUT2D eigenvalue weighted by Gasteiger charge is -2.34. The van der Waals surface area contributed by atoms with Gasteiger partial charge in [0.1, 0.15) is 5.75 Å². The number of aromatic nitrogens is 2. The van der Waals surface area contributed by atoms with Crippen molar-refractivity contribution in [3.05, 3.63) is 47.9 Å². The standard InChI is InChI=1S/C21H20N4O2/c1-27-17-10-23-9-8-13(17)14-6-3-7-15-19(22)18-16(24-20(14)15)11-25(21(18)26)12-4-2-5-12/h3,6-10,12H,2,4-5,11H2,1H3,(H2,22,24). The van der Waals surface area contributed by atoms with E-state index in [1.54, 1.807) is 19.5 Å². The summed E-state index contributed by atoms with van der Waals surface area (Å²) >= 11 is 0. The van der Waals surface area contributed by atoms with E-state index in [1.807, 2.05) is 29.2 Å². The second-order valence-corrected chi connectivity index (χ2v) is 7.14. The second kappa shape index (κ2) is 5.94. The van der Waals surface area contributed by atoms with Gasteiger partial charge in [0.25, 0.3) is 5.91 Å². The number of hydrogen-bond donors (Lipinski definition) is 1. The van der Waals surface area contributed by atoms with E-state index >= 15 is 0 Å². The molecule has 1 amide bonds. The lowest BCUT2D eigenvalue weighted by molar-refractivity contribution is 0.0606. The normalized spacial score (nSPS) is 16.5. The van der Waals surface area contributed by atoms with Gasteiger partial charge in [0, 0.05) is 28.8 Å². The zero-order valence-corrected chi connectivity index (χ0v) is 15.1.